The molecule has 144 valence electrons. The second kappa shape index (κ2) is 8.63. The van der Waals surface area contributed by atoms with Crippen molar-refractivity contribution in [2.45, 2.75) is 37.7 Å². The Morgan fingerprint density at radius 3 is 2.86 bits per heavy atom. The molecule has 0 amide bonds. The van der Waals surface area contributed by atoms with Gasteiger partial charge in [0.05, 0.1) is 5.69 Å². The van der Waals surface area contributed by atoms with Crippen molar-refractivity contribution >= 4 is 39.0 Å². The van der Waals surface area contributed by atoms with Gasteiger partial charge in [0.2, 0.25) is 5.82 Å². The van der Waals surface area contributed by atoms with Gasteiger partial charge >= 0.3 is 0 Å². The maximum Gasteiger partial charge on any atom is 0.200 e. The number of aromatic nitrogens is 4. The SMILES string of the molecule is CCCn1c(SCc2csc(-c3cccc(C)c3)n2)nnc1-c1ccc(Br)o1. The van der Waals surface area contributed by atoms with Gasteiger partial charge in [-0.25, -0.2) is 4.98 Å². The van der Waals surface area contributed by atoms with E-state index >= 15 is 0 Å². The Morgan fingerprint density at radius 1 is 1.21 bits per heavy atom. The number of hydrogen-bond acceptors (Lipinski definition) is 6. The Morgan fingerprint density at radius 2 is 2.11 bits per heavy atom. The minimum atomic E-state index is 0.689. The predicted molar refractivity (Wildman–Crippen MR) is 118 cm³/mol. The fourth-order valence-electron chi connectivity index (χ4n) is 2.86. The molecular weight excluding hydrogens is 456 g/mol. The van der Waals surface area contributed by atoms with Crippen LogP contribution in [-0.4, -0.2) is 19.7 Å². The predicted octanol–water partition coefficient (Wildman–Crippen LogP) is 6.43. The first-order chi connectivity index (χ1) is 13.6. The van der Waals surface area contributed by atoms with Crippen LogP contribution in [0.4, 0.5) is 0 Å². The van der Waals surface area contributed by atoms with E-state index in [0.29, 0.717) is 4.67 Å². The zero-order valence-electron chi connectivity index (χ0n) is 15.6. The fourth-order valence-corrected chi connectivity index (χ4v) is 4.95. The number of rotatable bonds is 7. The van der Waals surface area contributed by atoms with E-state index in [9.17, 15) is 0 Å². The molecule has 0 spiro atoms. The summed E-state index contributed by atoms with van der Waals surface area (Å²) in [7, 11) is 0. The molecule has 0 fully saturated rings. The van der Waals surface area contributed by atoms with Gasteiger partial charge < -0.3 is 4.42 Å². The van der Waals surface area contributed by atoms with E-state index in [1.807, 2.05) is 12.1 Å². The van der Waals surface area contributed by atoms with Crippen LogP contribution in [-0.2, 0) is 12.3 Å². The molecule has 8 heteroatoms. The molecule has 28 heavy (non-hydrogen) atoms. The zero-order valence-corrected chi connectivity index (χ0v) is 18.8. The first kappa shape index (κ1) is 19.4. The lowest BCUT2D eigenvalue weighted by Crippen LogP contribution is -2.01. The van der Waals surface area contributed by atoms with Crippen molar-refractivity contribution in [2.75, 3.05) is 0 Å². The normalized spacial score (nSPS) is 11.2. The summed E-state index contributed by atoms with van der Waals surface area (Å²) in [4.78, 5) is 4.80. The minimum Gasteiger partial charge on any atom is -0.446 e. The van der Waals surface area contributed by atoms with Gasteiger partial charge in [0.1, 0.15) is 5.01 Å². The van der Waals surface area contributed by atoms with Gasteiger partial charge in [-0.15, -0.1) is 21.5 Å². The van der Waals surface area contributed by atoms with Crippen molar-refractivity contribution in [2.24, 2.45) is 0 Å². The van der Waals surface area contributed by atoms with E-state index in [1.54, 1.807) is 23.1 Å². The van der Waals surface area contributed by atoms with E-state index < -0.39 is 0 Å². The molecule has 0 N–H and O–H groups in total. The molecule has 0 radical (unpaired) electrons. The highest BCUT2D eigenvalue weighted by molar-refractivity contribution is 9.10. The molecule has 0 aliphatic rings. The molecule has 5 nitrogen and oxygen atoms in total. The lowest BCUT2D eigenvalue weighted by molar-refractivity contribution is 0.539. The van der Waals surface area contributed by atoms with Crippen molar-refractivity contribution in [1.82, 2.24) is 19.7 Å². The summed E-state index contributed by atoms with van der Waals surface area (Å²) in [6.45, 7) is 5.09. The summed E-state index contributed by atoms with van der Waals surface area (Å²) >= 11 is 6.68. The van der Waals surface area contributed by atoms with Crippen LogP contribution in [0.5, 0.6) is 0 Å². The Balaban J connectivity index is 1.52. The molecule has 0 saturated heterocycles. The van der Waals surface area contributed by atoms with Crippen LogP contribution in [0.1, 0.15) is 24.6 Å². The van der Waals surface area contributed by atoms with Crippen molar-refractivity contribution in [3.05, 3.63) is 57.7 Å². The molecular formula is C20H19BrN4OS2. The van der Waals surface area contributed by atoms with Crippen LogP contribution in [0.25, 0.3) is 22.2 Å². The average molecular weight is 475 g/mol. The number of hydrogen-bond donors (Lipinski definition) is 0. The third-order valence-corrected chi connectivity index (χ3v) is 6.49. The van der Waals surface area contributed by atoms with Crippen molar-refractivity contribution in [1.29, 1.82) is 0 Å². The van der Waals surface area contributed by atoms with E-state index in [-0.39, 0.29) is 0 Å². The molecule has 0 bridgehead atoms. The maximum absolute atomic E-state index is 5.67. The summed E-state index contributed by atoms with van der Waals surface area (Å²) in [5, 5.41) is 12.8. The minimum absolute atomic E-state index is 0.689. The highest BCUT2D eigenvalue weighted by Crippen LogP contribution is 2.31. The monoisotopic (exact) mass is 474 g/mol. The van der Waals surface area contributed by atoms with Gasteiger partial charge in [-0.05, 0) is 47.5 Å². The number of nitrogens with zero attached hydrogens (tertiary/aromatic N) is 4. The first-order valence-electron chi connectivity index (χ1n) is 8.97. The van der Waals surface area contributed by atoms with Crippen LogP contribution >= 0.6 is 39.0 Å². The van der Waals surface area contributed by atoms with E-state index in [2.05, 4.69) is 74.2 Å². The van der Waals surface area contributed by atoms with Crippen LogP contribution in [0.2, 0.25) is 0 Å². The third-order valence-electron chi connectivity index (χ3n) is 4.12. The van der Waals surface area contributed by atoms with Gasteiger partial charge in [0.25, 0.3) is 0 Å². The average Bonchev–Trinajstić information content (AvgIpc) is 3.40. The van der Waals surface area contributed by atoms with Crippen LogP contribution in [0.15, 0.2) is 56.0 Å². The molecule has 0 unspecified atom stereocenters. The fraction of sp³-hybridized carbons (Fsp3) is 0.250. The number of thioether (sulfide) groups is 1. The van der Waals surface area contributed by atoms with Gasteiger partial charge in [-0.2, -0.15) is 0 Å². The third kappa shape index (κ3) is 4.24. The summed E-state index contributed by atoms with van der Waals surface area (Å²) in [5.41, 5.74) is 3.47. The van der Waals surface area contributed by atoms with Gasteiger partial charge in [0, 0.05) is 23.2 Å². The molecule has 1 aromatic carbocycles. The summed E-state index contributed by atoms with van der Waals surface area (Å²) in [5.74, 6) is 2.23. The first-order valence-corrected chi connectivity index (χ1v) is 11.6. The number of benzene rings is 1. The van der Waals surface area contributed by atoms with Crippen molar-refractivity contribution in [3.63, 3.8) is 0 Å². The van der Waals surface area contributed by atoms with Crippen LogP contribution in [0, 0.1) is 6.92 Å². The maximum atomic E-state index is 5.67. The lowest BCUT2D eigenvalue weighted by atomic mass is 10.1. The number of aryl methyl sites for hydroxylation is 1. The Hall–Kier alpha value is -1.90. The van der Waals surface area contributed by atoms with Gasteiger partial charge in [0.15, 0.2) is 15.6 Å². The second-order valence-corrected chi connectivity index (χ2v) is 8.95. The molecule has 0 aliphatic heterocycles. The molecule has 0 aliphatic carbocycles. The molecule has 0 atom stereocenters. The van der Waals surface area contributed by atoms with Crippen molar-refractivity contribution < 1.29 is 4.42 Å². The quantitative estimate of drug-likeness (QED) is 0.288. The van der Waals surface area contributed by atoms with E-state index in [4.69, 9.17) is 9.40 Å². The Labute approximate surface area is 180 Å². The summed E-state index contributed by atoms with van der Waals surface area (Å²) in [6.07, 6.45) is 0.995. The Kier molecular flexibility index (Phi) is 5.99. The van der Waals surface area contributed by atoms with Crippen LogP contribution in [0.3, 0.4) is 0 Å². The van der Waals surface area contributed by atoms with Gasteiger partial charge in [-0.1, -0.05) is 42.4 Å². The largest absolute Gasteiger partial charge is 0.446 e. The second-order valence-electron chi connectivity index (χ2n) is 6.36. The standard InChI is InChI=1S/C20H19BrN4OS2/c1-3-9-25-18(16-7-8-17(21)26-16)23-24-20(25)28-12-15-11-27-19(22-15)14-6-4-5-13(2)10-14/h4-8,10-11H,3,9,12H2,1-2H3. The number of thiazole rings is 1. The highest BCUT2D eigenvalue weighted by Gasteiger charge is 2.17. The zero-order chi connectivity index (χ0) is 19.5. The molecule has 3 aromatic heterocycles. The van der Waals surface area contributed by atoms with Gasteiger partial charge in [-0.3, -0.25) is 4.57 Å². The smallest absolute Gasteiger partial charge is 0.200 e. The topological polar surface area (TPSA) is 56.7 Å². The molecule has 4 rings (SSSR count). The highest BCUT2D eigenvalue weighted by atomic mass is 79.9. The summed E-state index contributed by atoms with van der Waals surface area (Å²) in [6, 6.07) is 12.2. The molecule has 0 saturated carbocycles. The van der Waals surface area contributed by atoms with E-state index in [1.165, 1.54) is 11.1 Å². The van der Waals surface area contributed by atoms with Crippen LogP contribution < -0.4 is 0 Å². The Bertz CT molecular complexity index is 1090. The number of halogens is 1. The lowest BCUT2D eigenvalue weighted by Gasteiger charge is -2.06. The molecule has 4 aromatic rings. The van der Waals surface area contributed by atoms with E-state index in [0.717, 1.165) is 46.2 Å². The summed E-state index contributed by atoms with van der Waals surface area (Å²) < 4.78 is 8.47. The van der Waals surface area contributed by atoms with Crippen molar-refractivity contribution in [3.8, 4) is 22.2 Å². The number of furan rings is 1. The molecule has 3 heterocycles.